The third-order valence-corrected chi connectivity index (χ3v) is 3.51. The molecule has 0 fully saturated rings. The number of aromatic nitrogens is 2. The third-order valence-electron chi connectivity index (χ3n) is 3.51. The number of rotatable bonds is 6. The monoisotopic (exact) mass is 300 g/mol. The largest absolute Gasteiger partial charge is 0.368 e. The molecule has 0 bridgehead atoms. The minimum absolute atomic E-state index is 0.143. The van der Waals surface area contributed by atoms with Crippen molar-refractivity contribution < 1.29 is 4.79 Å². The first kappa shape index (κ1) is 15.8. The van der Waals surface area contributed by atoms with Gasteiger partial charge in [-0.1, -0.05) is 37.3 Å². The molecule has 1 aromatic carbocycles. The van der Waals surface area contributed by atoms with E-state index in [9.17, 15) is 9.59 Å². The van der Waals surface area contributed by atoms with E-state index in [2.05, 4.69) is 17.2 Å². The lowest BCUT2D eigenvalue weighted by Gasteiger charge is -2.14. The van der Waals surface area contributed by atoms with Crippen molar-refractivity contribution in [1.82, 2.24) is 9.55 Å². The first-order valence-electron chi connectivity index (χ1n) is 7.12. The van der Waals surface area contributed by atoms with Crippen molar-refractivity contribution in [2.75, 3.05) is 11.9 Å². The van der Waals surface area contributed by atoms with Crippen LogP contribution in [0.15, 0.2) is 41.3 Å². The van der Waals surface area contributed by atoms with E-state index < -0.39 is 5.91 Å². The van der Waals surface area contributed by atoms with Crippen molar-refractivity contribution >= 4 is 11.7 Å². The Balaban J connectivity index is 2.13. The Morgan fingerprint density at radius 2 is 2.05 bits per heavy atom. The van der Waals surface area contributed by atoms with E-state index in [0.29, 0.717) is 12.2 Å². The molecular formula is C16H20N4O2. The molecule has 1 heterocycles. The second-order valence-corrected chi connectivity index (χ2v) is 5.30. The summed E-state index contributed by atoms with van der Waals surface area (Å²) in [6, 6.07) is 10.0. The first-order valence-corrected chi connectivity index (χ1v) is 7.12. The maximum absolute atomic E-state index is 12.3. The topological polar surface area (TPSA) is 90.0 Å². The zero-order valence-electron chi connectivity index (χ0n) is 12.7. The average molecular weight is 300 g/mol. The summed E-state index contributed by atoms with van der Waals surface area (Å²) in [4.78, 5) is 27.5. The molecule has 6 nitrogen and oxygen atoms in total. The summed E-state index contributed by atoms with van der Waals surface area (Å²) in [5, 5.41) is 3.06. The van der Waals surface area contributed by atoms with E-state index in [-0.39, 0.29) is 23.8 Å². The highest BCUT2D eigenvalue weighted by molar-refractivity contribution is 5.73. The number of benzene rings is 1. The summed E-state index contributed by atoms with van der Waals surface area (Å²) in [6.45, 7) is 4.22. The molecule has 1 aromatic heterocycles. The molecule has 6 heteroatoms. The summed E-state index contributed by atoms with van der Waals surface area (Å²) >= 11 is 0. The second-order valence-electron chi connectivity index (χ2n) is 5.30. The van der Waals surface area contributed by atoms with Crippen molar-refractivity contribution in [2.45, 2.75) is 26.3 Å². The predicted octanol–water partition coefficient (Wildman–Crippen LogP) is 1.25. The summed E-state index contributed by atoms with van der Waals surface area (Å²) < 4.78 is 1.32. The first-order chi connectivity index (χ1) is 10.5. The number of aryl methyl sites for hydroxylation is 1. The van der Waals surface area contributed by atoms with Crippen LogP contribution in [0.4, 0.5) is 5.82 Å². The van der Waals surface area contributed by atoms with E-state index in [1.807, 2.05) is 30.3 Å². The Morgan fingerprint density at radius 3 is 2.68 bits per heavy atom. The van der Waals surface area contributed by atoms with Gasteiger partial charge in [0.2, 0.25) is 5.91 Å². The number of carbonyl (C=O) groups is 1. The molecule has 3 N–H and O–H groups in total. The standard InChI is InChI=1S/C16H20N4O2/c1-11(13-6-4-3-5-7-13)8-18-15-16(22)20(10-14(17)21)12(2)9-19-15/h3-7,9,11H,8,10H2,1-2H3,(H2,17,21)(H,18,19). The van der Waals surface area contributed by atoms with Crippen molar-refractivity contribution in [1.29, 1.82) is 0 Å². The minimum Gasteiger partial charge on any atom is -0.368 e. The molecule has 2 rings (SSSR count). The number of hydrogen-bond acceptors (Lipinski definition) is 4. The van der Waals surface area contributed by atoms with Gasteiger partial charge in [-0.05, 0) is 18.4 Å². The molecule has 0 aliphatic heterocycles. The smallest absolute Gasteiger partial charge is 0.293 e. The zero-order chi connectivity index (χ0) is 16.1. The highest BCUT2D eigenvalue weighted by Crippen LogP contribution is 2.14. The van der Waals surface area contributed by atoms with E-state index in [0.717, 1.165) is 0 Å². The predicted molar refractivity (Wildman–Crippen MR) is 85.8 cm³/mol. The number of amides is 1. The van der Waals surface area contributed by atoms with Crippen molar-refractivity contribution in [3.05, 3.63) is 58.1 Å². The Kier molecular flexibility index (Phi) is 4.93. The summed E-state index contributed by atoms with van der Waals surface area (Å²) in [5.41, 5.74) is 6.62. The Labute approximate surface area is 129 Å². The van der Waals surface area contributed by atoms with Gasteiger partial charge in [0.05, 0.1) is 0 Å². The van der Waals surface area contributed by atoms with Crippen molar-refractivity contribution in [3.63, 3.8) is 0 Å². The maximum Gasteiger partial charge on any atom is 0.293 e. The highest BCUT2D eigenvalue weighted by atomic mass is 16.2. The number of nitrogens with two attached hydrogens (primary N) is 1. The fourth-order valence-electron chi connectivity index (χ4n) is 2.19. The maximum atomic E-state index is 12.3. The lowest BCUT2D eigenvalue weighted by molar-refractivity contribution is -0.118. The van der Waals surface area contributed by atoms with Crippen LogP contribution in [0.25, 0.3) is 0 Å². The van der Waals surface area contributed by atoms with Crippen LogP contribution in [-0.4, -0.2) is 22.0 Å². The Morgan fingerprint density at radius 1 is 1.36 bits per heavy atom. The van der Waals surface area contributed by atoms with Crippen LogP contribution in [-0.2, 0) is 11.3 Å². The lowest BCUT2D eigenvalue weighted by atomic mass is 10.0. The van der Waals surface area contributed by atoms with Gasteiger partial charge < -0.3 is 11.1 Å². The number of nitrogens with one attached hydrogen (secondary N) is 1. The number of carbonyl (C=O) groups excluding carboxylic acids is 1. The highest BCUT2D eigenvalue weighted by Gasteiger charge is 2.11. The molecule has 0 aliphatic carbocycles. The normalized spacial score (nSPS) is 11.9. The van der Waals surface area contributed by atoms with Crippen LogP contribution in [0.5, 0.6) is 0 Å². The van der Waals surface area contributed by atoms with Gasteiger partial charge in [-0.3, -0.25) is 14.2 Å². The average Bonchev–Trinajstić information content (AvgIpc) is 2.51. The molecule has 1 amide bonds. The number of hydrogen-bond donors (Lipinski definition) is 2. The van der Waals surface area contributed by atoms with E-state index in [4.69, 9.17) is 5.73 Å². The summed E-state index contributed by atoms with van der Waals surface area (Å²) in [5.74, 6) is -0.0945. The molecule has 0 saturated carbocycles. The molecule has 0 spiro atoms. The number of nitrogens with zero attached hydrogens (tertiary/aromatic N) is 2. The number of primary amides is 1. The zero-order valence-corrected chi connectivity index (χ0v) is 12.7. The molecule has 2 aromatic rings. The van der Waals surface area contributed by atoms with Gasteiger partial charge >= 0.3 is 0 Å². The Bertz CT molecular complexity index is 710. The Hall–Kier alpha value is -2.63. The van der Waals surface area contributed by atoms with E-state index in [1.54, 1.807) is 13.1 Å². The molecule has 1 unspecified atom stereocenters. The fourth-order valence-corrected chi connectivity index (χ4v) is 2.19. The van der Waals surface area contributed by atoms with Crippen molar-refractivity contribution in [2.24, 2.45) is 5.73 Å². The quantitative estimate of drug-likeness (QED) is 0.840. The van der Waals surface area contributed by atoms with Crippen LogP contribution in [0.2, 0.25) is 0 Å². The van der Waals surface area contributed by atoms with Gasteiger partial charge in [0, 0.05) is 18.4 Å². The molecule has 0 radical (unpaired) electrons. The molecule has 0 aliphatic rings. The van der Waals surface area contributed by atoms with Gasteiger partial charge in [-0.2, -0.15) is 0 Å². The van der Waals surface area contributed by atoms with Crippen molar-refractivity contribution in [3.8, 4) is 0 Å². The van der Waals surface area contributed by atoms with E-state index in [1.165, 1.54) is 10.1 Å². The van der Waals surface area contributed by atoms with Crippen LogP contribution in [0, 0.1) is 6.92 Å². The lowest BCUT2D eigenvalue weighted by Crippen LogP contribution is -2.32. The molecule has 22 heavy (non-hydrogen) atoms. The van der Waals surface area contributed by atoms with Crippen LogP contribution < -0.4 is 16.6 Å². The summed E-state index contributed by atoms with van der Waals surface area (Å²) in [7, 11) is 0. The van der Waals surface area contributed by atoms with Gasteiger partial charge in [0.1, 0.15) is 6.54 Å². The third kappa shape index (κ3) is 3.72. The van der Waals surface area contributed by atoms with Gasteiger partial charge in [-0.15, -0.1) is 0 Å². The van der Waals surface area contributed by atoms with Crippen LogP contribution >= 0.6 is 0 Å². The fraction of sp³-hybridized carbons (Fsp3) is 0.312. The van der Waals surface area contributed by atoms with Crippen LogP contribution in [0.1, 0.15) is 24.1 Å². The minimum atomic E-state index is -0.556. The molecule has 116 valence electrons. The summed E-state index contributed by atoms with van der Waals surface area (Å²) in [6.07, 6.45) is 1.56. The van der Waals surface area contributed by atoms with Gasteiger partial charge in [0.25, 0.3) is 5.56 Å². The van der Waals surface area contributed by atoms with Gasteiger partial charge in [-0.25, -0.2) is 4.98 Å². The SMILES string of the molecule is Cc1cnc(NCC(C)c2ccccc2)c(=O)n1CC(N)=O. The van der Waals surface area contributed by atoms with E-state index >= 15 is 0 Å². The second kappa shape index (κ2) is 6.89. The van der Waals surface area contributed by atoms with Crippen LogP contribution in [0.3, 0.4) is 0 Å². The molecule has 1 atom stereocenters. The van der Waals surface area contributed by atoms with Gasteiger partial charge in [0.15, 0.2) is 5.82 Å². The number of anilines is 1. The molecule has 0 saturated heterocycles. The molecular weight excluding hydrogens is 280 g/mol.